The number of esters is 2. The average Bonchev–Trinajstić information content (AvgIpc) is 2.83. The summed E-state index contributed by atoms with van der Waals surface area (Å²) in [6.07, 6.45) is 4.18. The van der Waals surface area contributed by atoms with E-state index in [4.69, 9.17) is 14.2 Å². The predicted molar refractivity (Wildman–Crippen MR) is 91.6 cm³/mol. The Morgan fingerprint density at radius 3 is 2.36 bits per heavy atom. The summed E-state index contributed by atoms with van der Waals surface area (Å²) in [5.41, 5.74) is -0.735. The van der Waals surface area contributed by atoms with Crippen LogP contribution in [0.25, 0.3) is 0 Å². The van der Waals surface area contributed by atoms with Gasteiger partial charge in [-0.2, -0.15) is 0 Å². The number of amides is 1. The molecular weight excluding hydrogens is 326 g/mol. The maximum Gasteiger partial charge on any atom is 0.413 e. The van der Waals surface area contributed by atoms with Gasteiger partial charge in [-0.15, -0.1) is 0 Å². The summed E-state index contributed by atoms with van der Waals surface area (Å²) in [5.74, 6) is -1.23. The van der Waals surface area contributed by atoms with Crippen molar-refractivity contribution in [2.24, 2.45) is 5.92 Å². The van der Waals surface area contributed by atoms with Crippen LogP contribution in [0.1, 0.15) is 53.9 Å². The van der Waals surface area contributed by atoms with Crippen LogP contribution < -0.4 is 0 Å². The van der Waals surface area contributed by atoms with Crippen LogP contribution in [-0.2, 0) is 23.8 Å². The van der Waals surface area contributed by atoms with Crippen molar-refractivity contribution >= 4 is 18.0 Å². The van der Waals surface area contributed by atoms with E-state index in [9.17, 15) is 14.4 Å². The van der Waals surface area contributed by atoms with Gasteiger partial charge in [0.1, 0.15) is 11.6 Å². The number of hydrogen-bond acceptors (Lipinski definition) is 6. The van der Waals surface area contributed by atoms with Crippen LogP contribution in [0, 0.1) is 5.92 Å². The molecule has 7 heteroatoms. The smallest absolute Gasteiger partial charge is 0.413 e. The highest BCUT2D eigenvalue weighted by Gasteiger charge is 2.50. The Morgan fingerprint density at radius 2 is 1.88 bits per heavy atom. The van der Waals surface area contributed by atoms with Crippen molar-refractivity contribution in [2.45, 2.75) is 71.8 Å². The molecule has 1 rings (SSSR count). The van der Waals surface area contributed by atoms with Gasteiger partial charge >= 0.3 is 18.0 Å². The van der Waals surface area contributed by atoms with Crippen LogP contribution in [0.2, 0.25) is 0 Å². The van der Waals surface area contributed by atoms with Crippen LogP contribution >= 0.6 is 0 Å². The normalized spacial score (nSPS) is 23.6. The molecule has 0 aromatic carbocycles. The number of hydrogen-bond donors (Lipinski definition) is 0. The van der Waals surface area contributed by atoms with E-state index in [1.165, 1.54) is 18.9 Å². The number of carbonyl (C=O) groups is 3. The maximum atomic E-state index is 12.6. The Morgan fingerprint density at radius 1 is 1.24 bits per heavy atom. The molecule has 1 aliphatic rings. The lowest BCUT2D eigenvalue weighted by atomic mass is 9.98. The molecule has 25 heavy (non-hydrogen) atoms. The molecule has 1 fully saturated rings. The van der Waals surface area contributed by atoms with Crippen molar-refractivity contribution < 1.29 is 28.6 Å². The van der Waals surface area contributed by atoms with Crippen LogP contribution in [0.4, 0.5) is 4.79 Å². The lowest BCUT2D eigenvalue weighted by molar-refractivity contribution is -0.161. The molecule has 1 heterocycles. The zero-order valence-electron chi connectivity index (χ0n) is 15.9. The van der Waals surface area contributed by atoms with Gasteiger partial charge in [0, 0.05) is 12.8 Å². The second-order valence-electron chi connectivity index (χ2n) is 7.07. The molecule has 1 amide bonds. The minimum atomic E-state index is -0.846. The average molecular weight is 355 g/mol. The summed E-state index contributed by atoms with van der Waals surface area (Å²) in [6.45, 7) is 8.40. The van der Waals surface area contributed by atoms with E-state index < -0.39 is 35.9 Å². The third-order valence-electron chi connectivity index (χ3n) is 3.84. The number of likely N-dealkylation sites (tertiary alicyclic amines) is 1. The SMILES string of the molecule is C/C=C/CC[C@H]1C[C@@H](C(=O)OC)N(C(=O)OC(C)(C)C)C1OC(C)=O. The van der Waals surface area contributed by atoms with Gasteiger partial charge in [0.15, 0.2) is 6.23 Å². The van der Waals surface area contributed by atoms with Gasteiger partial charge in [0.25, 0.3) is 0 Å². The molecule has 7 nitrogen and oxygen atoms in total. The largest absolute Gasteiger partial charge is 0.467 e. The fourth-order valence-corrected chi connectivity index (χ4v) is 2.87. The molecule has 0 bridgehead atoms. The third kappa shape index (κ3) is 6.07. The van der Waals surface area contributed by atoms with Crippen molar-refractivity contribution in [1.82, 2.24) is 4.90 Å². The van der Waals surface area contributed by atoms with E-state index in [2.05, 4.69) is 0 Å². The molecule has 0 aromatic heterocycles. The minimum absolute atomic E-state index is 0.170. The quantitative estimate of drug-likeness (QED) is 0.428. The zero-order chi connectivity index (χ0) is 19.2. The van der Waals surface area contributed by atoms with Crippen molar-refractivity contribution in [1.29, 1.82) is 0 Å². The maximum absolute atomic E-state index is 12.6. The Labute approximate surface area is 149 Å². The fraction of sp³-hybridized carbons (Fsp3) is 0.722. The van der Waals surface area contributed by atoms with Gasteiger partial charge in [0.05, 0.1) is 7.11 Å². The van der Waals surface area contributed by atoms with E-state index in [1.807, 2.05) is 19.1 Å². The molecule has 1 unspecified atom stereocenters. The minimum Gasteiger partial charge on any atom is -0.467 e. The summed E-state index contributed by atoms with van der Waals surface area (Å²) in [4.78, 5) is 37.6. The highest BCUT2D eigenvalue weighted by molar-refractivity contribution is 5.82. The van der Waals surface area contributed by atoms with Crippen molar-refractivity contribution in [3.63, 3.8) is 0 Å². The summed E-state index contributed by atoms with van der Waals surface area (Å²) < 4.78 is 15.6. The van der Waals surface area contributed by atoms with Gasteiger partial charge in [-0.3, -0.25) is 9.69 Å². The Balaban J connectivity index is 3.12. The lowest BCUT2D eigenvalue weighted by Crippen LogP contribution is -2.49. The predicted octanol–water partition coefficient (Wildman–Crippen LogP) is 3.03. The Bertz CT molecular complexity index is 522. The first-order valence-electron chi connectivity index (χ1n) is 8.48. The number of nitrogens with zero attached hydrogens (tertiary/aromatic N) is 1. The molecule has 0 spiro atoms. The highest BCUT2D eigenvalue weighted by atomic mass is 16.6. The molecule has 142 valence electrons. The summed E-state index contributed by atoms with van der Waals surface area (Å²) in [5, 5.41) is 0. The Hall–Kier alpha value is -2.05. The number of rotatable bonds is 5. The van der Waals surface area contributed by atoms with Crippen LogP contribution in [-0.4, -0.2) is 47.9 Å². The third-order valence-corrected chi connectivity index (χ3v) is 3.84. The van der Waals surface area contributed by atoms with Crippen LogP contribution in [0.5, 0.6) is 0 Å². The summed E-state index contributed by atoms with van der Waals surface area (Å²) in [6, 6.07) is -0.834. The van der Waals surface area contributed by atoms with Gasteiger partial charge in [0.2, 0.25) is 0 Å². The first-order valence-corrected chi connectivity index (χ1v) is 8.48. The molecule has 3 atom stereocenters. The van der Waals surface area contributed by atoms with Gasteiger partial charge in [-0.05, 0) is 47.0 Å². The van der Waals surface area contributed by atoms with Crippen LogP contribution in [0.15, 0.2) is 12.2 Å². The van der Waals surface area contributed by atoms with Crippen molar-refractivity contribution in [3.8, 4) is 0 Å². The molecular formula is C18H29NO6. The molecule has 0 aromatic rings. The van der Waals surface area contributed by atoms with Gasteiger partial charge in [-0.1, -0.05) is 12.2 Å². The molecule has 0 aliphatic carbocycles. The molecule has 0 saturated carbocycles. The topological polar surface area (TPSA) is 82.1 Å². The Kier molecular flexibility index (Phi) is 7.45. The second kappa shape index (κ2) is 8.87. The fourth-order valence-electron chi connectivity index (χ4n) is 2.87. The zero-order valence-corrected chi connectivity index (χ0v) is 15.9. The van der Waals surface area contributed by atoms with Gasteiger partial charge in [-0.25, -0.2) is 9.59 Å². The van der Waals surface area contributed by atoms with Gasteiger partial charge < -0.3 is 14.2 Å². The first kappa shape index (κ1) is 21.0. The molecule has 0 radical (unpaired) electrons. The van der Waals surface area contributed by atoms with E-state index in [0.717, 1.165) is 6.42 Å². The molecule has 1 aliphatic heterocycles. The summed E-state index contributed by atoms with van der Waals surface area (Å²) >= 11 is 0. The number of allylic oxidation sites excluding steroid dienone is 2. The van der Waals surface area contributed by atoms with Crippen molar-refractivity contribution in [3.05, 3.63) is 12.2 Å². The first-order chi connectivity index (χ1) is 11.6. The van der Waals surface area contributed by atoms with E-state index in [0.29, 0.717) is 12.8 Å². The van der Waals surface area contributed by atoms with E-state index in [1.54, 1.807) is 20.8 Å². The van der Waals surface area contributed by atoms with Crippen LogP contribution in [0.3, 0.4) is 0 Å². The van der Waals surface area contributed by atoms with E-state index >= 15 is 0 Å². The van der Waals surface area contributed by atoms with E-state index in [-0.39, 0.29) is 5.92 Å². The monoisotopic (exact) mass is 355 g/mol. The standard InChI is InChI=1S/C18H29NO6/c1-7-8-9-10-13-11-14(16(21)23-6)19(15(13)24-12(2)20)17(22)25-18(3,4)5/h7-8,13-15H,9-11H2,1-6H3/b8-7+/t13-,14-,15?/m0/s1. The van der Waals surface area contributed by atoms with Crippen molar-refractivity contribution in [2.75, 3.05) is 7.11 Å². The number of ether oxygens (including phenoxy) is 3. The lowest BCUT2D eigenvalue weighted by Gasteiger charge is -2.31. The highest BCUT2D eigenvalue weighted by Crippen LogP contribution is 2.36. The summed E-state index contributed by atoms with van der Waals surface area (Å²) in [7, 11) is 1.27. The number of methoxy groups -OCH3 is 1. The number of carbonyl (C=O) groups excluding carboxylic acids is 3. The molecule has 1 saturated heterocycles. The second-order valence-corrected chi connectivity index (χ2v) is 7.07. The molecule has 0 N–H and O–H groups in total.